The molecule has 0 bridgehead atoms. The number of rotatable bonds is 3. The number of hydrogen-bond donors (Lipinski definition) is 0. The van der Waals surface area contributed by atoms with Gasteiger partial charge in [0, 0.05) is 6.10 Å². The summed E-state index contributed by atoms with van der Waals surface area (Å²) >= 11 is 0. The van der Waals surface area contributed by atoms with E-state index in [4.69, 9.17) is 4.43 Å². The summed E-state index contributed by atoms with van der Waals surface area (Å²) in [5, 5.41) is 0. The van der Waals surface area contributed by atoms with Gasteiger partial charge in [0.15, 0.2) is 0 Å². The zero-order valence-corrected chi connectivity index (χ0v) is 7.06. The van der Waals surface area contributed by atoms with Crippen LogP contribution in [-0.2, 0) is 4.43 Å². The lowest BCUT2D eigenvalue weighted by molar-refractivity contribution is 0.252. The van der Waals surface area contributed by atoms with Crippen LogP contribution in [0.15, 0.2) is 0 Å². The first-order valence-corrected chi connectivity index (χ1v) is 4.02. The van der Waals surface area contributed by atoms with Crippen molar-refractivity contribution in [3.05, 3.63) is 0 Å². The molecule has 0 aliphatic carbocycles. The molecule has 0 saturated carbocycles. The van der Waals surface area contributed by atoms with E-state index in [9.17, 15) is 0 Å². The van der Waals surface area contributed by atoms with Crippen molar-refractivity contribution < 1.29 is 4.43 Å². The van der Waals surface area contributed by atoms with E-state index < -0.39 is 0 Å². The van der Waals surface area contributed by atoms with Crippen LogP contribution in [0.2, 0.25) is 5.54 Å². The summed E-state index contributed by atoms with van der Waals surface area (Å²) in [6, 6.07) is 0. The molecule has 2 heteroatoms. The van der Waals surface area contributed by atoms with Crippen molar-refractivity contribution in [1.29, 1.82) is 0 Å². The van der Waals surface area contributed by atoms with Gasteiger partial charge in [0.25, 0.3) is 0 Å². The fourth-order valence-electron chi connectivity index (χ4n) is 0.272. The summed E-state index contributed by atoms with van der Waals surface area (Å²) < 4.78 is 5.33. The second-order valence-electron chi connectivity index (χ2n) is 2.44. The van der Waals surface area contributed by atoms with Gasteiger partial charge in [0.05, 0.1) is 0 Å². The topological polar surface area (TPSA) is 9.23 Å². The molecule has 48 valence electrons. The summed E-state index contributed by atoms with van der Waals surface area (Å²) in [6.07, 6.45) is 0.399. The van der Waals surface area contributed by atoms with E-state index in [1.165, 1.54) is 0 Å². The van der Waals surface area contributed by atoms with Gasteiger partial charge >= 0.3 is 0 Å². The number of hydrogen-bond acceptors (Lipinski definition) is 1. The highest BCUT2D eigenvalue weighted by Crippen LogP contribution is 1.98. The average Bonchev–Trinajstić information content (AvgIpc) is 1.61. The zero-order valence-electron chi connectivity index (χ0n) is 6.06. The van der Waals surface area contributed by atoms with E-state index in [0.29, 0.717) is 21.4 Å². The molecule has 8 heavy (non-hydrogen) atoms. The lowest BCUT2D eigenvalue weighted by Gasteiger charge is -2.06. The molecule has 0 spiro atoms. The third-order valence-electron chi connectivity index (χ3n) is 0.539. The highest BCUT2D eigenvalue weighted by Gasteiger charge is 1.98. The molecule has 0 amide bonds. The summed E-state index contributed by atoms with van der Waals surface area (Å²) in [6.45, 7) is 8.46. The van der Waals surface area contributed by atoms with E-state index in [1.54, 1.807) is 0 Å². The Morgan fingerprint density at radius 2 is 1.62 bits per heavy atom. The van der Waals surface area contributed by atoms with E-state index in [0.717, 1.165) is 0 Å². The van der Waals surface area contributed by atoms with Crippen LogP contribution in [0, 0.1) is 0 Å². The van der Waals surface area contributed by atoms with Crippen LogP contribution >= 0.6 is 0 Å². The van der Waals surface area contributed by atoms with Crippen molar-refractivity contribution in [3.8, 4) is 0 Å². The maximum Gasteiger partial charge on any atom is 0.232 e. The lowest BCUT2D eigenvalue weighted by atomic mass is 10.5. The van der Waals surface area contributed by atoms with Crippen LogP contribution in [0.4, 0.5) is 0 Å². The van der Waals surface area contributed by atoms with Crippen molar-refractivity contribution in [1.82, 2.24) is 0 Å². The molecule has 0 saturated heterocycles. The Kier molecular flexibility index (Phi) is 4.19. The minimum Gasteiger partial charge on any atom is -0.415 e. The highest BCUT2D eigenvalue weighted by atomic mass is 28.2. The normalized spacial score (nSPS) is 11.2. The van der Waals surface area contributed by atoms with Crippen LogP contribution in [0.25, 0.3) is 0 Å². The van der Waals surface area contributed by atoms with Crippen LogP contribution in [0.1, 0.15) is 27.7 Å². The molecule has 0 unspecified atom stereocenters. The Morgan fingerprint density at radius 3 is 1.75 bits per heavy atom. The van der Waals surface area contributed by atoms with Gasteiger partial charge in [-0.3, -0.25) is 0 Å². The fourth-order valence-corrected chi connectivity index (χ4v) is 0.816. The van der Waals surface area contributed by atoms with Gasteiger partial charge in [-0.15, -0.1) is 0 Å². The van der Waals surface area contributed by atoms with Crippen LogP contribution in [-0.4, -0.2) is 15.9 Å². The minimum absolute atomic E-state index is 0.399. The first-order chi connectivity index (χ1) is 3.63. The van der Waals surface area contributed by atoms with Crippen molar-refractivity contribution in [3.63, 3.8) is 0 Å². The molecule has 1 nitrogen and oxygen atoms in total. The molecular weight excluding hydrogens is 116 g/mol. The Hall–Kier alpha value is 0.177. The summed E-state index contributed by atoms with van der Waals surface area (Å²) in [5.74, 6) is 0. The summed E-state index contributed by atoms with van der Waals surface area (Å²) in [7, 11) is 0.669. The van der Waals surface area contributed by atoms with Gasteiger partial charge in [0.2, 0.25) is 9.76 Å². The Morgan fingerprint density at radius 1 is 1.12 bits per heavy atom. The Balaban J connectivity index is 2.93. The van der Waals surface area contributed by atoms with Crippen molar-refractivity contribution >= 4 is 9.76 Å². The average molecular weight is 130 g/mol. The van der Waals surface area contributed by atoms with Crippen LogP contribution in [0.5, 0.6) is 0 Å². The third kappa shape index (κ3) is 6.18. The molecule has 0 aliphatic rings. The van der Waals surface area contributed by atoms with Gasteiger partial charge < -0.3 is 4.43 Å². The van der Waals surface area contributed by atoms with Crippen molar-refractivity contribution in [2.75, 3.05) is 0 Å². The summed E-state index contributed by atoms with van der Waals surface area (Å²) in [4.78, 5) is 0. The lowest BCUT2D eigenvalue weighted by Crippen LogP contribution is -2.09. The fraction of sp³-hybridized carbons (Fsp3) is 1.00. The summed E-state index contributed by atoms with van der Waals surface area (Å²) in [5.41, 5.74) is 0.692. The molecule has 0 aromatic rings. The van der Waals surface area contributed by atoms with Crippen LogP contribution in [0.3, 0.4) is 0 Å². The van der Waals surface area contributed by atoms with Gasteiger partial charge in [-0.25, -0.2) is 0 Å². The van der Waals surface area contributed by atoms with Gasteiger partial charge in [-0.05, 0) is 19.4 Å². The standard InChI is InChI=1S/C6H14OSi/c1-5(2)7-8-6(3)4/h5-6H,1-4H3. The third-order valence-corrected chi connectivity index (χ3v) is 1.62. The first kappa shape index (κ1) is 8.18. The van der Waals surface area contributed by atoms with Gasteiger partial charge in [-0.1, -0.05) is 13.8 Å². The Bertz CT molecular complexity index is 44.5. The predicted octanol–water partition coefficient (Wildman–Crippen LogP) is 1.86. The molecule has 0 fully saturated rings. The van der Waals surface area contributed by atoms with Gasteiger partial charge in [0.1, 0.15) is 0 Å². The quantitative estimate of drug-likeness (QED) is 0.530. The molecule has 0 rings (SSSR count). The smallest absolute Gasteiger partial charge is 0.232 e. The SMILES string of the molecule is CC(C)O[Si]C(C)C. The molecule has 0 N–H and O–H groups in total. The minimum atomic E-state index is 0.399. The maximum absolute atomic E-state index is 5.33. The highest BCUT2D eigenvalue weighted by molar-refractivity contribution is 6.29. The zero-order chi connectivity index (χ0) is 6.57. The van der Waals surface area contributed by atoms with E-state index >= 15 is 0 Å². The van der Waals surface area contributed by atoms with E-state index in [2.05, 4.69) is 27.7 Å². The maximum atomic E-state index is 5.33. The molecule has 0 heterocycles. The Labute approximate surface area is 54.4 Å². The van der Waals surface area contributed by atoms with Crippen LogP contribution < -0.4 is 0 Å². The molecule has 2 radical (unpaired) electrons. The van der Waals surface area contributed by atoms with Gasteiger partial charge in [-0.2, -0.15) is 0 Å². The predicted molar refractivity (Wildman–Crippen MR) is 37.1 cm³/mol. The molecule has 0 aromatic heterocycles. The molecular formula is C6H14OSi. The largest absolute Gasteiger partial charge is 0.415 e. The van der Waals surface area contributed by atoms with E-state index in [1.807, 2.05) is 0 Å². The second-order valence-corrected chi connectivity index (χ2v) is 4.07. The monoisotopic (exact) mass is 130 g/mol. The molecule has 0 aromatic carbocycles. The van der Waals surface area contributed by atoms with E-state index in [-0.39, 0.29) is 0 Å². The van der Waals surface area contributed by atoms with Crippen molar-refractivity contribution in [2.45, 2.75) is 39.3 Å². The second kappa shape index (κ2) is 4.10. The molecule has 0 aliphatic heterocycles. The molecule has 0 atom stereocenters. The first-order valence-electron chi connectivity index (χ1n) is 3.04. The van der Waals surface area contributed by atoms with Crippen molar-refractivity contribution in [2.24, 2.45) is 0 Å².